The second-order valence-corrected chi connectivity index (χ2v) is 7.36. The average molecular weight is 322 g/mol. The molecule has 0 heterocycles. The summed E-state index contributed by atoms with van der Waals surface area (Å²) in [6, 6.07) is 14.0. The van der Waals surface area contributed by atoms with E-state index in [1.807, 2.05) is 13.8 Å². The number of carbonyl (C=O) groups is 2. The largest absolute Gasteiger partial charge is 0.399 e. The first-order valence-electron chi connectivity index (χ1n) is 8.04. The van der Waals surface area contributed by atoms with Gasteiger partial charge < -0.3 is 11.5 Å². The fraction of sp³-hybridized carbons (Fsp3) is 0.300. The molecular formula is C20H22N2O2. The molecule has 4 heteroatoms. The number of nitrogens with two attached hydrogens (primary N) is 2. The summed E-state index contributed by atoms with van der Waals surface area (Å²) in [5.74, 6) is -0.142. The van der Waals surface area contributed by atoms with Gasteiger partial charge in [-0.3, -0.25) is 9.59 Å². The highest BCUT2D eigenvalue weighted by atomic mass is 16.2. The van der Waals surface area contributed by atoms with E-state index in [0.717, 1.165) is 0 Å². The minimum absolute atomic E-state index is 0.0710. The number of rotatable bonds is 2. The van der Waals surface area contributed by atoms with Crippen LogP contribution in [-0.4, -0.2) is 11.6 Å². The van der Waals surface area contributed by atoms with Gasteiger partial charge in [-0.15, -0.1) is 0 Å². The molecule has 0 aromatic heterocycles. The van der Waals surface area contributed by atoms with Crippen molar-refractivity contribution in [3.05, 3.63) is 59.7 Å². The molecule has 1 aliphatic carbocycles. The van der Waals surface area contributed by atoms with E-state index < -0.39 is 5.41 Å². The van der Waals surface area contributed by atoms with Crippen molar-refractivity contribution in [2.24, 2.45) is 5.41 Å². The minimum Gasteiger partial charge on any atom is -0.399 e. The molecule has 24 heavy (non-hydrogen) atoms. The number of ketones is 2. The summed E-state index contributed by atoms with van der Waals surface area (Å²) in [6.07, 6.45) is 0.709. The van der Waals surface area contributed by atoms with E-state index in [9.17, 15) is 9.59 Å². The summed E-state index contributed by atoms with van der Waals surface area (Å²) >= 11 is 0. The lowest BCUT2D eigenvalue weighted by Crippen LogP contribution is -2.51. The number of nitrogen functional groups attached to an aromatic ring is 2. The fourth-order valence-corrected chi connectivity index (χ4v) is 3.63. The van der Waals surface area contributed by atoms with Crippen LogP contribution in [0.1, 0.15) is 37.8 Å². The molecule has 1 saturated carbocycles. The fourth-order valence-electron chi connectivity index (χ4n) is 3.63. The SMILES string of the molecule is CC1(C)CC(=O)C(c2ccc(N)cc2)(c2ccc(N)cc2)C(=O)C1. The van der Waals surface area contributed by atoms with E-state index in [1.165, 1.54) is 0 Å². The van der Waals surface area contributed by atoms with Crippen molar-refractivity contribution in [2.75, 3.05) is 11.5 Å². The number of hydrogen-bond acceptors (Lipinski definition) is 4. The molecule has 0 saturated heterocycles. The van der Waals surface area contributed by atoms with E-state index >= 15 is 0 Å². The summed E-state index contributed by atoms with van der Waals surface area (Å²) in [6.45, 7) is 3.91. The van der Waals surface area contributed by atoms with Gasteiger partial charge in [0.05, 0.1) is 0 Å². The Kier molecular flexibility index (Phi) is 3.71. The van der Waals surface area contributed by atoms with E-state index in [2.05, 4.69) is 0 Å². The van der Waals surface area contributed by atoms with E-state index in [1.54, 1.807) is 48.5 Å². The molecule has 3 rings (SSSR count). The molecular weight excluding hydrogens is 300 g/mol. The maximum atomic E-state index is 13.2. The Morgan fingerprint density at radius 3 is 1.38 bits per heavy atom. The smallest absolute Gasteiger partial charge is 0.155 e. The molecule has 1 aliphatic rings. The molecule has 0 radical (unpaired) electrons. The monoisotopic (exact) mass is 322 g/mol. The van der Waals surface area contributed by atoms with Crippen molar-refractivity contribution in [3.8, 4) is 0 Å². The summed E-state index contributed by atoms with van der Waals surface area (Å²) in [5.41, 5.74) is 12.5. The van der Waals surface area contributed by atoms with E-state index in [-0.39, 0.29) is 17.0 Å². The zero-order valence-corrected chi connectivity index (χ0v) is 14.0. The third-order valence-electron chi connectivity index (χ3n) is 4.80. The van der Waals surface area contributed by atoms with E-state index in [0.29, 0.717) is 35.3 Å². The number of benzene rings is 2. The van der Waals surface area contributed by atoms with Crippen LogP contribution in [0.4, 0.5) is 11.4 Å². The van der Waals surface area contributed by atoms with Crippen LogP contribution in [0.15, 0.2) is 48.5 Å². The third-order valence-corrected chi connectivity index (χ3v) is 4.80. The summed E-state index contributed by atoms with van der Waals surface area (Å²) in [4.78, 5) is 26.5. The predicted octanol–water partition coefficient (Wildman–Crippen LogP) is 3.10. The van der Waals surface area contributed by atoms with Crippen LogP contribution >= 0.6 is 0 Å². The Bertz CT molecular complexity index is 722. The maximum absolute atomic E-state index is 13.2. The third kappa shape index (κ3) is 2.48. The van der Waals surface area contributed by atoms with Crippen LogP contribution in [0.5, 0.6) is 0 Å². The zero-order chi connectivity index (χ0) is 17.5. The first-order chi connectivity index (χ1) is 11.3. The van der Waals surface area contributed by atoms with Crippen LogP contribution < -0.4 is 11.5 Å². The molecule has 4 nitrogen and oxygen atoms in total. The van der Waals surface area contributed by atoms with Crippen molar-refractivity contribution in [2.45, 2.75) is 32.1 Å². The van der Waals surface area contributed by atoms with Gasteiger partial charge in [-0.1, -0.05) is 38.1 Å². The van der Waals surface area contributed by atoms with Crippen molar-refractivity contribution in [3.63, 3.8) is 0 Å². The molecule has 2 aromatic carbocycles. The number of anilines is 2. The van der Waals surface area contributed by atoms with Crippen LogP contribution in [0.3, 0.4) is 0 Å². The second-order valence-electron chi connectivity index (χ2n) is 7.36. The molecule has 124 valence electrons. The maximum Gasteiger partial charge on any atom is 0.155 e. The Morgan fingerprint density at radius 1 is 0.708 bits per heavy atom. The number of hydrogen-bond donors (Lipinski definition) is 2. The lowest BCUT2D eigenvalue weighted by molar-refractivity contribution is -0.140. The molecule has 2 aromatic rings. The topological polar surface area (TPSA) is 86.2 Å². The van der Waals surface area contributed by atoms with Crippen molar-refractivity contribution < 1.29 is 9.59 Å². The van der Waals surface area contributed by atoms with Gasteiger partial charge in [-0.05, 0) is 40.8 Å². The molecule has 0 bridgehead atoms. The molecule has 0 aliphatic heterocycles. The lowest BCUT2D eigenvalue weighted by Gasteiger charge is -2.41. The number of Topliss-reactive ketones (excluding diaryl/α,β-unsaturated/α-hetero) is 2. The highest BCUT2D eigenvalue weighted by Gasteiger charge is 2.53. The summed E-state index contributed by atoms with van der Waals surface area (Å²) in [5, 5.41) is 0. The lowest BCUT2D eigenvalue weighted by atomic mass is 9.58. The normalized spacial score (nSPS) is 19.2. The molecule has 1 fully saturated rings. The standard InChI is InChI=1S/C20H22N2O2/c1-19(2)11-17(23)20(18(24)12-19,13-3-7-15(21)8-4-13)14-5-9-16(22)10-6-14/h3-10H,11-12,21-22H2,1-2H3. The minimum atomic E-state index is -1.27. The first kappa shape index (κ1) is 16.2. The van der Waals surface area contributed by atoms with Crippen LogP contribution in [-0.2, 0) is 15.0 Å². The van der Waals surface area contributed by atoms with Gasteiger partial charge in [-0.2, -0.15) is 0 Å². The zero-order valence-electron chi connectivity index (χ0n) is 14.0. The Hall–Kier alpha value is -2.62. The molecule has 4 N–H and O–H groups in total. The van der Waals surface area contributed by atoms with Gasteiger partial charge in [0.15, 0.2) is 11.6 Å². The average Bonchev–Trinajstić information content (AvgIpc) is 2.49. The summed E-state index contributed by atoms with van der Waals surface area (Å²) in [7, 11) is 0. The van der Waals surface area contributed by atoms with Crippen LogP contribution in [0.25, 0.3) is 0 Å². The van der Waals surface area contributed by atoms with Crippen molar-refractivity contribution in [1.82, 2.24) is 0 Å². The van der Waals surface area contributed by atoms with Gasteiger partial charge in [-0.25, -0.2) is 0 Å². The van der Waals surface area contributed by atoms with Crippen molar-refractivity contribution >= 4 is 22.9 Å². The van der Waals surface area contributed by atoms with E-state index in [4.69, 9.17) is 11.5 Å². The highest BCUT2D eigenvalue weighted by molar-refractivity contribution is 6.18. The van der Waals surface area contributed by atoms with Gasteiger partial charge in [0.25, 0.3) is 0 Å². The molecule has 0 unspecified atom stereocenters. The van der Waals surface area contributed by atoms with Gasteiger partial charge >= 0.3 is 0 Å². The molecule has 0 atom stereocenters. The van der Waals surface area contributed by atoms with Crippen LogP contribution in [0.2, 0.25) is 0 Å². The number of carbonyl (C=O) groups excluding carboxylic acids is 2. The second kappa shape index (κ2) is 5.48. The van der Waals surface area contributed by atoms with Crippen molar-refractivity contribution in [1.29, 1.82) is 0 Å². The Balaban J connectivity index is 2.25. The van der Waals surface area contributed by atoms with Gasteiger partial charge in [0, 0.05) is 24.2 Å². The first-order valence-corrected chi connectivity index (χ1v) is 8.04. The van der Waals surface area contributed by atoms with Crippen LogP contribution in [0, 0.1) is 5.41 Å². The quantitative estimate of drug-likeness (QED) is 0.657. The highest BCUT2D eigenvalue weighted by Crippen LogP contribution is 2.46. The predicted molar refractivity (Wildman–Crippen MR) is 95.5 cm³/mol. The Labute approximate surface area is 141 Å². The summed E-state index contributed by atoms with van der Waals surface area (Å²) < 4.78 is 0. The van der Waals surface area contributed by atoms with Gasteiger partial charge in [0.1, 0.15) is 5.41 Å². The Morgan fingerprint density at radius 2 is 1.04 bits per heavy atom. The molecule has 0 spiro atoms. The molecule has 0 amide bonds. The van der Waals surface area contributed by atoms with Gasteiger partial charge in [0.2, 0.25) is 0 Å².